The van der Waals surface area contributed by atoms with Crippen molar-refractivity contribution < 1.29 is 13.6 Å². The van der Waals surface area contributed by atoms with E-state index in [2.05, 4.69) is 0 Å². The summed E-state index contributed by atoms with van der Waals surface area (Å²) in [4.78, 5) is 13.6. The van der Waals surface area contributed by atoms with Crippen molar-refractivity contribution in [1.82, 2.24) is 0 Å². The fourth-order valence-electron chi connectivity index (χ4n) is 2.54. The molecule has 0 radical (unpaired) electrons. The summed E-state index contributed by atoms with van der Waals surface area (Å²) in [6.07, 6.45) is 0.969. The van der Waals surface area contributed by atoms with Crippen LogP contribution < -0.4 is 10.6 Å². The number of anilines is 2. The molecule has 0 aliphatic carbocycles. The average molecular weight is 288 g/mol. The summed E-state index contributed by atoms with van der Waals surface area (Å²) < 4.78 is 26.9. The maximum absolute atomic E-state index is 13.5. The van der Waals surface area contributed by atoms with E-state index in [9.17, 15) is 13.6 Å². The molecule has 0 fully saturated rings. The number of aryl methyl sites for hydroxylation is 1. The molecule has 3 nitrogen and oxygen atoms in total. The maximum Gasteiger partial charge on any atom is 0.227 e. The van der Waals surface area contributed by atoms with Crippen LogP contribution in [0.5, 0.6) is 0 Å². The lowest BCUT2D eigenvalue weighted by atomic mass is 10.00. The molecule has 3 rings (SSSR count). The van der Waals surface area contributed by atoms with E-state index in [1.807, 2.05) is 0 Å². The molecule has 1 aliphatic heterocycles. The van der Waals surface area contributed by atoms with Gasteiger partial charge in [0.15, 0.2) is 0 Å². The molecule has 2 N–H and O–H groups in total. The van der Waals surface area contributed by atoms with Crippen LogP contribution in [0.2, 0.25) is 0 Å². The molecule has 0 aromatic heterocycles. The predicted octanol–water partition coefficient (Wildman–Crippen LogP) is 3.03. The van der Waals surface area contributed by atoms with Crippen LogP contribution in [0.25, 0.3) is 0 Å². The van der Waals surface area contributed by atoms with Gasteiger partial charge < -0.3 is 10.6 Å². The number of amides is 1. The molecule has 21 heavy (non-hydrogen) atoms. The first-order valence-electron chi connectivity index (χ1n) is 6.67. The van der Waals surface area contributed by atoms with Crippen LogP contribution in [-0.4, -0.2) is 5.91 Å². The van der Waals surface area contributed by atoms with Crippen molar-refractivity contribution >= 4 is 17.3 Å². The monoisotopic (exact) mass is 288 g/mol. The van der Waals surface area contributed by atoms with Crippen LogP contribution in [0, 0.1) is 11.6 Å². The smallest absolute Gasteiger partial charge is 0.227 e. The van der Waals surface area contributed by atoms with Crippen molar-refractivity contribution in [3.63, 3.8) is 0 Å². The van der Waals surface area contributed by atoms with Gasteiger partial charge in [0.05, 0.1) is 17.9 Å². The Bertz CT molecular complexity index is 715. The number of benzene rings is 2. The molecular formula is C16H14F2N2O. The van der Waals surface area contributed by atoms with Gasteiger partial charge in [-0.2, -0.15) is 0 Å². The fraction of sp³-hybridized carbons (Fsp3) is 0.188. The molecule has 0 saturated heterocycles. The molecule has 0 atom stereocenters. The lowest BCUT2D eigenvalue weighted by Gasteiger charge is -2.29. The van der Waals surface area contributed by atoms with Gasteiger partial charge in [-0.1, -0.05) is 12.1 Å². The van der Waals surface area contributed by atoms with Crippen LogP contribution in [0.1, 0.15) is 17.5 Å². The Morgan fingerprint density at radius 1 is 1.10 bits per heavy atom. The molecule has 0 bridgehead atoms. The summed E-state index contributed by atoms with van der Waals surface area (Å²) in [5.41, 5.74) is 7.61. The SMILES string of the molecule is Nc1ccc(CN2C(=O)CCc3ccc(F)cc32)cc1F. The maximum atomic E-state index is 13.5. The third kappa shape index (κ3) is 2.59. The lowest BCUT2D eigenvalue weighted by Crippen LogP contribution is -2.34. The molecule has 1 heterocycles. The summed E-state index contributed by atoms with van der Waals surface area (Å²) in [6.45, 7) is 0.201. The van der Waals surface area contributed by atoms with Crippen LogP contribution in [0.15, 0.2) is 36.4 Å². The van der Waals surface area contributed by atoms with E-state index in [0.29, 0.717) is 24.1 Å². The van der Waals surface area contributed by atoms with Crippen molar-refractivity contribution in [3.05, 3.63) is 59.2 Å². The zero-order valence-corrected chi connectivity index (χ0v) is 11.3. The number of nitrogen functional groups attached to an aromatic ring is 1. The van der Waals surface area contributed by atoms with E-state index < -0.39 is 11.6 Å². The minimum Gasteiger partial charge on any atom is -0.396 e. The van der Waals surface area contributed by atoms with Gasteiger partial charge in [0.2, 0.25) is 5.91 Å². The van der Waals surface area contributed by atoms with Crippen molar-refractivity contribution in [3.8, 4) is 0 Å². The molecule has 0 unspecified atom stereocenters. The van der Waals surface area contributed by atoms with Gasteiger partial charge in [-0.3, -0.25) is 4.79 Å². The highest BCUT2D eigenvalue weighted by molar-refractivity contribution is 5.96. The summed E-state index contributed by atoms with van der Waals surface area (Å²) in [5, 5.41) is 0. The average Bonchev–Trinajstić information content (AvgIpc) is 2.46. The highest BCUT2D eigenvalue weighted by Crippen LogP contribution is 2.30. The zero-order valence-electron chi connectivity index (χ0n) is 11.3. The van der Waals surface area contributed by atoms with Crippen LogP contribution in [0.3, 0.4) is 0 Å². The summed E-state index contributed by atoms with van der Waals surface area (Å²) in [6, 6.07) is 8.85. The molecule has 0 spiro atoms. The van der Waals surface area contributed by atoms with E-state index in [1.165, 1.54) is 29.2 Å². The first kappa shape index (κ1) is 13.5. The normalized spacial score (nSPS) is 14.2. The van der Waals surface area contributed by atoms with Crippen molar-refractivity contribution in [1.29, 1.82) is 0 Å². The highest BCUT2D eigenvalue weighted by atomic mass is 19.1. The Kier molecular flexibility index (Phi) is 3.33. The fourth-order valence-corrected chi connectivity index (χ4v) is 2.54. The second kappa shape index (κ2) is 5.16. The molecule has 0 saturated carbocycles. The number of fused-ring (bicyclic) bond motifs is 1. The zero-order chi connectivity index (χ0) is 15.0. The second-order valence-corrected chi connectivity index (χ2v) is 5.11. The van der Waals surface area contributed by atoms with Crippen LogP contribution in [0.4, 0.5) is 20.2 Å². The number of halogens is 2. The summed E-state index contributed by atoms with van der Waals surface area (Å²) in [7, 11) is 0. The molecule has 1 amide bonds. The van der Waals surface area contributed by atoms with E-state index >= 15 is 0 Å². The molecule has 5 heteroatoms. The number of rotatable bonds is 2. The summed E-state index contributed by atoms with van der Waals surface area (Å²) in [5.74, 6) is -1.00. The van der Waals surface area contributed by atoms with E-state index in [1.54, 1.807) is 12.1 Å². The van der Waals surface area contributed by atoms with Gasteiger partial charge >= 0.3 is 0 Å². The number of nitrogens with two attached hydrogens (primary N) is 1. The number of hydrogen-bond acceptors (Lipinski definition) is 2. The number of nitrogens with zero attached hydrogens (tertiary/aromatic N) is 1. The Labute approximate surface area is 121 Å². The van der Waals surface area contributed by atoms with Gasteiger partial charge in [-0.15, -0.1) is 0 Å². The largest absolute Gasteiger partial charge is 0.396 e. The molecule has 108 valence electrons. The Morgan fingerprint density at radius 3 is 2.67 bits per heavy atom. The minimum absolute atomic E-state index is 0.0650. The van der Waals surface area contributed by atoms with Crippen molar-refractivity contribution in [2.75, 3.05) is 10.6 Å². The van der Waals surface area contributed by atoms with E-state index in [4.69, 9.17) is 5.73 Å². The minimum atomic E-state index is -0.517. The number of carbonyl (C=O) groups is 1. The molecular weight excluding hydrogens is 274 g/mol. The second-order valence-electron chi connectivity index (χ2n) is 5.11. The Hall–Kier alpha value is -2.43. The lowest BCUT2D eigenvalue weighted by molar-refractivity contribution is -0.119. The third-order valence-electron chi connectivity index (χ3n) is 3.65. The number of hydrogen-bond donors (Lipinski definition) is 1. The van der Waals surface area contributed by atoms with Gasteiger partial charge in [0.1, 0.15) is 11.6 Å². The Balaban J connectivity index is 1.96. The first-order chi connectivity index (χ1) is 10.0. The highest BCUT2D eigenvalue weighted by Gasteiger charge is 2.24. The van der Waals surface area contributed by atoms with E-state index in [0.717, 1.165) is 5.56 Å². The van der Waals surface area contributed by atoms with Gasteiger partial charge in [0.25, 0.3) is 0 Å². The van der Waals surface area contributed by atoms with Crippen LogP contribution >= 0.6 is 0 Å². The van der Waals surface area contributed by atoms with Gasteiger partial charge in [-0.25, -0.2) is 8.78 Å². The van der Waals surface area contributed by atoms with Gasteiger partial charge in [-0.05, 0) is 41.8 Å². The van der Waals surface area contributed by atoms with Crippen molar-refractivity contribution in [2.24, 2.45) is 0 Å². The first-order valence-corrected chi connectivity index (χ1v) is 6.67. The quantitative estimate of drug-likeness (QED) is 0.863. The molecule has 2 aromatic carbocycles. The number of carbonyl (C=O) groups excluding carboxylic acids is 1. The topological polar surface area (TPSA) is 46.3 Å². The van der Waals surface area contributed by atoms with Gasteiger partial charge in [0, 0.05) is 6.42 Å². The van der Waals surface area contributed by atoms with E-state index in [-0.39, 0.29) is 18.1 Å². The predicted molar refractivity (Wildman–Crippen MR) is 76.7 cm³/mol. The van der Waals surface area contributed by atoms with Crippen LogP contribution in [-0.2, 0) is 17.8 Å². The molecule has 1 aliphatic rings. The molecule has 2 aromatic rings. The van der Waals surface area contributed by atoms with Crippen molar-refractivity contribution in [2.45, 2.75) is 19.4 Å². The summed E-state index contributed by atoms with van der Waals surface area (Å²) >= 11 is 0. The Morgan fingerprint density at radius 2 is 1.90 bits per heavy atom. The standard InChI is InChI=1S/C16H14F2N2O/c17-12-4-2-11-3-6-16(21)20(15(11)8-12)9-10-1-5-14(19)13(18)7-10/h1-2,4-5,7-8H,3,6,9,19H2. The third-order valence-corrected chi connectivity index (χ3v) is 3.65.